The number of carbonyl (C=O) groups excluding carboxylic acids is 1. The Bertz CT molecular complexity index is 1140. The molecule has 0 spiro atoms. The Hall–Kier alpha value is -2.87. The standard InChI is InChI=1S/C21H15IN2O3/c1-26-17-7-3-5-14(11-17)21-24-18-12-16(8-9-19(18)27-21)23-20(25)13-4-2-6-15(22)10-13/h2-12H,1H3,(H,23,25). The minimum atomic E-state index is -0.163. The Morgan fingerprint density at radius 2 is 1.93 bits per heavy atom. The smallest absolute Gasteiger partial charge is 0.255 e. The fourth-order valence-corrected chi connectivity index (χ4v) is 3.26. The van der Waals surface area contributed by atoms with Crippen LogP contribution in [-0.2, 0) is 0 Å². The van der Waals surface area contributed by atoms with E-state index in [2.05, 4.69) is 32.9 Å². The van der Waals surface area contributed by atoms with Gasteiger partial charge < -0.3 is 14.5 Å². The van der Waals surface area contributed by atoms with Gasteiger partial charge in [-0.25, -0.2) is 4.98 Å². The summed E-state index contributed by atoms with van der Waals surface area (Å²) in [7, 11) is 1.62. The van der Waals surface area contributed by atoms with Gasteiger partial charge in [0.2, 0.25) is 5.89 Å². The number of rotatable bonds is 4. The molecule has 4 rings (SSSR count). The quantitative estimate of drug-likeness (QED) is 0.408. The van der Waals surface area contributed by atoms with Crippen LogP contribution >= 0.6 is 22.6 Å². The van der Waals surface area contributed by atoms with E-state index in [0.29, 0.717) is 28.2 Å². The molecule has 0 saturated carbocycles. The fourth-order valence-electron chi connectivity index (χ4n) is 2.72. The highest BCUT2D eigenvalue weighted by molar-refractivity contribution is 14.1. The first-order chi connectivity index (χ1) is 13.1. The van der Waals surface area contributed by atoms with Crippen LogP contribution in [-0.4, -0.2) is 18.0 Å². The first-order valence-corrected chi connectivity index (χ1v) is 9.32. The van der Waals surface area contributed by atoms with E-state index >= 15 is 0 Å². The van der Waals surface area contributed by atoms with Crippen LogP contribution in [0.15, 0.2) is 71.1 Å². The summed E-state index contributed by atoms with van der Waals surface area (Å²) in [6.45, 7) is 0. The van der Waals surface area contributed by atoms with E-state index in [-0.39, 0.29) is 5.91 Å². The molecule has 0 radical (unpaired) electrons. The number of nitrogens with one attached hydrogen (secondary N) is 1. The lowest BCUT2D eigenvalue weighted by atomic mass is 10.2. The Morgan fingerprint density at radius 1 is 1.07 bits per heavy atom. The van der Waals surface area contributed by atoms with Gasteiger partial charge in [0.25, 0.3) is 5.91 Å². The van der Waals surface area contributed by atoms with Crippen LogP contribution in [0.1, 0.15) is 10.4 Å². The Kier molecular flexibility index (Phi) is 4.81. The first-order valence-electron chi connectivity index (χ1n) is 8.24. The molecule has 0 aliphatic heterocycles. The van der Waals surface area contributed by atoms with Gasteiger partial charge in [0.1, 0.15) is 11.3 Å². The largest absolute Gasteiger partial charge is 0.497 e. The number of methoxy groups -OCH3 is 1. The summed E-state index contributed by atoms with van der Waals surface area (Å²) in [4.78, 5) is 17.0. The highest BCUT2D eigenvalue weighted by Gasteiger charge is 2.11. The van der Waals surface area contributed by atoms with Crippen LogP contribution in [0.4, 0.5) is 5.69 Å². The van der Waals surface area contributed by atoms with Crippen molar-refractivity contribution in [1.82, 2.24) is 4.98 Å². The van der Waals surface area contributed by atoms with Gasteiger partial charge in [0.15, 0.2) is 5.58 Å². The number of anilines is 1. The lowest BCUT2D eigenvalue weighted by Gasteiger charge is -2.05. The van der Waals surface area contributed by atoms with Gasteiger partial charge >= 0.3 is 0 Å². The number of benzene rings is 3. The topological polar surface area (TPSA) is 64.4 Å². The van der Waals surface area contributed by atoms with E-state index in [4.69, 9.17) is 9.15 Å². The maximum absolute atomic E-state index is 12.4. The number of nitrogens with zero attached hydrogens (tertiary/aromatic N) is 1. The Morgan fingerprint density at radius 3 is 2.74 bits per heavy atom. The van der Waals surface area contributed by atoms with E-state index < -0.39 is 0 Å². The van der Waals surface area contributed by atoms with Crippen molar-refractivity contribution in [2.45, 2.75) is 0 Å². The number of hydrogen-bond acceptors (Lipinski definition) is 4. The van der Waals surface area contributed by atoms with Gasteiger partial charge in [-0.2, -0.15) is 0 Å². The van der Waals surface area contributed by atoms with Crippen molar-refractivity contribution in [3.05, 3.63) is 75.9 Å². The summed E-state index contributed by atoms with van der Waals surface area (Å²) in [5.41, 5.74) is 3.43. The zero-order valence-corrected chi connectivity index (χ0v) is 16.6. The van der Waals surface area contributed by atoms with E-state index in [9.17, 15) is 4.79 Å². The molecule has 134 valence electrons. The van der Waals surface area contributed by atoms with Crippen LogP contribution in [0.5, 0.6) is 5.75 Å². The SMILES string of the molecule is COc1cccc(-c2nc3cc(NC(=O)c4cccc(I)c4)ccc3o2)c1. The minimum Gasteiger partial charge on any atom is -0.497 e. The summed E-state index contributed by atoms with van der Waals surface area (Å²) in [6.07, 6.45) is 0. The number of hydrogen-bond donors (Lipinski definition) is 1. The summed E-state index contributed by atoms with van der Waals surface area (Å²) in [6, 6.07) is 20.4. The van der Waals surface area contributed by atoms with E-state index in [0.717, 1.165) is 14.9 Å². The Labute approximate surface area is 169 Å². The summed E-state index contributed by atoms with van der Waals surface area (Å²) >= 11 is 2.18. The number of amides is 1. The lowest BCUT2D eigenvalue weighted by Crippen LogP contribution is -2.11. The highest BCUT2D eigenvalue weighted by Crippen LogP contribution is 2.28. The van der Waals surface area contributed by atoms with E-state index in [1.165, 1.54) is 0 Å². The van der Waals surface area contributed by atoms with Crippen molar-refractivity contribution in [3.8, 4) is 17.2 Å². The fraction of sp³-hybridized carbons (Fsp3) is 0.0476. The molecule has 6 heteroatoms. The van der Waals surface area contributed by atoms with E-state index in [1.54, 1.807) is 31.4 Å². The second-order valence-electron chi connectivity index (χ2n) is 5.90. The molecule has 0 saturated heterocycles. The zero-order valence-electron chi connectivity index (χ0n) is 14.4. The summed E-state index contributed by atoms with van der Waals surface area (Å²) < 4.78 is 12.1. The molecule has 0 fully saturated rings. The van der Waals surface area contributed by atoms with Crippen molar-refractivity contribution < 1.29 is 13.9 Å². The minimum absolute atomic E-state index is 0.163. The third-order valence-corrected chi connectivity index (χ3v) is 4.72. The Balaban J connectivity index is 1.61. The molecule has 0 bridgehead atoms. The maximum Gasteiger partial charge on any atom is 0.255 e. The van der Waals surface area contributed by atoms with Gasteiger partial charge in [0.05, 0.1) is 7.11 Å². The number of halogens is 1. The van der Waals surface area contributed by atoms with Gasteiger partial charge in [-0.05, 0) is 77.2 Å². The normalized spacial score (nSPS) is 10.7. The average Bonchev–Trinajstić information content (AvgIpc) is 3.11. The summed E-state index contributed by atoms with van der Waals surface area (Å²) in [5, 5.41) is 2.90. The molecule has 27 heavy (non-hydrogen) atoms. The van der Waals surface area contributed by atoms with Gasteiger partial charge in [-0.3, -0.25) is 4.79 Å². The average molecular weight is 470 g/mol. The molecular formula is C21H15IN2O3. The first kappa shape index (κ1) is 17.5. The van der Waals surface area contributed by atoms with Crippen LogP contribution in [0.3, 0.4) is 0 Å². The lowest BCUT2D eigenvalue weighted by molar-refractivity contribution is 0.102. The number of oxazole rings is 1. The number of ether oxygens (including phenoxy) is 1. The molecule has 0 aliphatic rings. The number of aromatic nitrogens is 1. The van der Waals surface area contributed by atoms with Crippen molar-refractivity contribution in [2.24, 2.45) is 0 Å². The van der Waals surface area contributed by atoms with Gasteiger partial charge in [-0.1, -0.05) is 12.1 Å². The molecule has 0 unspecified atom stereocenters. The molecule has 5 nitrogen and oxygen atoms in total. The van der Waals surface area contributed by atoms with E-state index in [1.807, 2.05) is 42.5 Å². The van der Waals surface area contributed by atoms with Crippen LogP contribution in [0.25, 0.3) is 22.6 Å². The molecule has 0 aliphatic carbocycles. The van der Waals surface area contributed by atoms with Crippen LogP contribution in [0, 0.1) is 3.57 Å². The molecule has 1 aromatic heterocycles. The van der Waals surface area contributed by atoms with Gasteiger partial charge in [-0.15, -0.1) is 0 Å². The molecule has 3 aromatic carbocycles. The van der Waals surface area contributed by atoms with Crippen LogP contribution in [0.2, 0.25) is 0 Å². The molecule has 0 atom stereocenters. The second-order valence-corrected chi connectivity index (χ2v) is 7.14. The third-order valence-electron chi connectivity index (χ3n) is 4.05. The summed E-state index contributed by atoms with van der Waals surface area (Å²) in [5.74, 6) is 1.08. The van der Waals surface area contributed by atoms with Crippen molar-refractivity contribution in [1.29, 1.82) is 0 Å². The maximum atomic E-state index is 12.4. The molecular weight excluding hydrogens is 455 g/mol. The number of carbonyl (C=O) groups is 1. The van der Waals surface area contributed by atoms with Crippen molar-refractivity contribution in [2.75, 3.05) is 12.4 Å². The second kappa shape index (κ2) is 7.40. The van der Waals surface area contributed by atoms with Gasteiger partial charge in [0, 0.05) is 20.4 Å². The molecule has 4 aromatic rings. The molecule has 1 N–H and O–H groups in total. The van der Waals surface area contributed by atoms with Crippen LogP contribution < -0.4 is 10.1 Å². The third kappa shape index (κ3) is 3.80. The van der Waals surface area contributed by atoms with Crippen molar-refractivity contribution in [3.63, 3.8) is 0 Å². The predicted molar refractivity (Wildman–Crippen MR) is 113 cm³/mol. The predicted octanol–water partition coefficient (Wildman–Crippen LogP) is 5.36. The molecule has 1 amide bonds. The highest BCUT2D eigenvalue weighted by atomic mass is 127. The van der Waals surface area contributed by atoms with Crippen molar-refractivity contribution >= 4 is 45.3 Å². The monoisotopic (exact) mass is 470 g/mol. The number of fused-ring (bicyclic) bond motifs is 1. The molecule has 1 heterocycles. The zero-order chi connectivity index (χ0) is 18.8.